The van der Waals surface area contributed by atoms with Crippen molar-refractivity contribution in [1.82, 2.24) is 0 Å². The Balaban J connectivity index is 2.65. The van der Waals surface area contributed by atoms with Gasteiger partial charge in [-0.1, -0.05) is 33.1 Å². The lowest BCUT2D eigenvalue weighted by Crippen LogP contribution is -2.46. The summed E-state index contributed by atoms with van der Waals surface area (Å²) in [4.78, 5) is 0. The molecule has 84 valence electrons. The molecule has 0 aromatic carbocycles. The number of hydrogen-bond acceptors (Lipinski definition) is 2. The molecular formula is C12H24O2. The van der Waals surface area contributed by atoms with Crippen LogP contribution in [0.4, 0.5) is 0 Å². The Hall–Kier alpha value is -0.0800. The predicted octanol–water partition coefficient (Wildman–Crippen LogP) is 2.74. The van der Waals surface area contributed by atoms with E-state index in [1.54, 1.807) is 0 Å². The minimum Gasteiger partial charge on any atom is -0.390 e. The van der Waals surface area contributed by atoms with Gasteiger partial charge < -0.3 is 9.84 Å². The van der Waals surface area contributed by atoms with Crippen LogP contribution in [-0.2, 0) is 4.74 Å². The van der Waals surface area contributed by atoms with E-state index in [4.69, 9.17) is 4.74 Å². The molecule has 0 aliphatic heterocycles. The Morgan fingerprint density at radius 1 is 1.29 bits per heavy atom. The van der Waals surface area contributed by atoms with Gasteiger partial charge in [0.2, 0.25) is 0 Å². The van der Waals surface area contributed by atoms with Crippen LogP contribution in [0, 0.1) is 5.92 Å². The van der Waals surface area contributed by atoms with Gasteiger partial charge in [-0.3, -0.25) is 0 Å². The predicted molar refractivity (Wildman–Crippen MR) is 58.3 cm³/mol. The number of hydrogen-bond donors (Lipinski definition) is 1. The van der Waals surface area contributed by atoms with Crippen molar-refractivity contribution in [3.8, 4) is 0 Å². The zero-order chi connectivity index (χ0) is 10.6. The molecule has 1 aliphatic rings. The topological polar surface area (TPSA) is 29.5 Å². The summed E-state index contributed by atoms with van der Waals surface area (Å²) in [7, 11) is 0. The molecule has 0 bridgehead atoms. The van der Waals surface area contributed by atoms with Crippen LogP contribution in [0.2, 0.25) is 0 Å². The largest absolute Gasteiger partial charge is 0.390 e. The molecule has 1 fully saturated rings. The van der Waals surface area contributed by atoms with Gasteiger partial charge in [-0.05, 0) is 25.7 Å². The van der Waals surface area contributed by atoms with Gasteiger partial charge in [-0.25, -0.2) is 0 Å². The zero-order valence-corrected chi connectivity index (χ0v) is 9.75. The van der Waals surface area contributed by atoms with E-state index >= 15 is 0 Å². The van der Waals surface area contributed by atoms with Crippen LogP contribution in [0.15, 0.2) is 0 Å². The summed E-state index contributed by atoms with van der Waals surface area (Å²) in [6.45, 7) is 6.98. The molecule has 0 spiro atoms. The van der Waals surface area contributed by atoms with Crippen molar-refractivity contribution in [1.29, 1.82) is 0 Å². The number of aliphatic hydroxyl groups excluding tert-OH is 1. The molecule has 2 nitrogen and oxygen atoms in total. The quantitative estimate of drug-likeness (QED) is 0.739. The first-order chi connectivity index (χ1) is 6.66. The summed E-state index contributed by atoms with van der Waals surface area (Å²) in [5.41, 5.74) is -0.218. The minimum absolute atomic E-state index is 0.218. The lowest BCUT2D eigenvalue weighted by Gasteiger charge is -2.37. The van der Waals surface area contributed by atoms with Gasteiger partial charge in [0.05, 0.1) is 11.7 Å². The second kappa shape index (κ2) is 5.13. The monoisotopic (exact) mass is 200 g/mol. The van der Waals surface area contributed by atoms with E-state index in [9.17, 15) is 5.11 Å². The summed E-state index contributed by atoms with van der Waals surface area (Å²) in [5.74, 6) is 0.347. The maximum absolute atomic E-state index is 10.3. The van der Waals surface area contributed by atoms with Gasteiger partial charge in [0.1, 0.15) is 0 Å². The van der Waals surface area contributed by atoms with E-state index in [0.29, 0.717) is 12.5 Å². The van der Waals surface area contributed by atoms with E-state index in [0.717, 1.165) is 19.3 Å². The first-order valence-electron chi connectivity index (χ1n) is 5.98. The Labute approximate surface area is 87.7 Å². The molecule has 0 aromatic heterocycles. The lowest BCUT2D eigenvalue weighted by atomic mass is 9.85. The number of aliphatic hydroxyl groups is 1. The highest BCUT2D eigenvalue weighted by molar-refractivity contribution is 4.94. The molecule has 2 unspecified atom stereocenters. The maximum atomic E-state index is 10.3. The number of ether oxygens (including phenoxy) is 1. The van der Waals surface area contributed by atoms with Crippen LogP contribution >= 0.6 is 0 Å². The Morgan fingerprint density at radius 3 is 2.29 bits per heavy atom. The highest BCUT2D eigenvalue weighted by Crippen LogP contribution is 2.39. The fraction of sp³-hybridized carbons (Fsp3) is 1.00. The summed E-state index contributed by atoms with van der Waals surface area (Å²) >= 11 is 0. The highest BCUT2D eigenvalue weighted by Gasteiger charge is 2.43. The minimum atomic E-state index is -0.282. The molecule has 2 atom stereocenters. The van der Waals surface area contributed by atoms with Gasteiger partial charge in [-0.2, -0.15) is 0 Å². The average Bonchev–Trinajstić information content (AvgIpc) is 2.66. The molecule has 0 saturated heterocycles. The van der Waals surface area contributed by atoms with E-state index in [1.165, 1.54) is 12.8 Å². The highest BCUT2D eigenvalue weighted by atomic mass is 16.5. The second-order valence-electron chi connectivity index (χ2n) is 4.54. The van der Waals surface area contributed by atoms with Crippen LogP contribution < -0.4 is 0 Å². The lowest BCUT2D eigenvalue weighted by molar-refractivity contribution is -0.133. The second-order valence-corrected chi connectivity index (χ2v) is 4.54. The molecular weight excluding hydrogens is 176 g/mol. The summed E-state index contributed by atoms with van der Waals surface area (Å²) in [6.07, 6.45) is 5.21. The summed E-state index contributed by atoms with van der Waals surface area (Å²) in [6, 6.07) is 0. The van der Waals surface area contributed by atoms with Crippen molar-refractivity contribution in [3.05, 3.63) is 0 Å². The molecule has 1 N–H and O–H groups in total. The standard InChI is InChI=1S/C12H24O2/c1-4-10(3)11(13)12(14-5-2)8-6-7-9-12/h10-11,13H,4-9H2,1-3H3. The first kappa shape index (κ1) is 12.0. The third kappa shape index (κ3) is 2.29. The van der Waals surface area contributed by atoms with E-state index in [2.05, 4.69) is 13.8 Å². The van der Waals surface area contributed by atoms with Crippen molar-refractivity contribution in [3.63, 3.8) is 0 Å². The van der Waals surface area contributed by atoms with E-state index in [-0.39, 0.29) is 11.7 Å². The Kier molecular flexibility index (Phi) is 4.39. The molecule has 0 heterocycles. The number of rotatable bonds is 5. The van der Waals surface area contributed by atoms with Crippen molar-refractivity contribution in [2.24, 2.45) is 5.92 Å². The molecule has 0 aromatic rings. The fourth-order valence-corrected chi connectivity index (χ4v) is 2.53. The molecule has 1 rings (SSSR count). The molecule has 1 saturated carbocycles. The third-order valence-electron chi connectivity index (χ3n) is 3.60. The van der Waals surface area contributed by atoms with Crippen LogP contribution in [-0.4, -0.2) is 23.4 Å². The van der Waals surface area contributed by atoms with Gasteiger partial charge in [-0.15, -0.1) is 0 Å². The SMILES string of the molecule is CCOC1(C(O)C(C)CC)CCCC1. The average molecular weight is 200 g/mol. The maximum Gasteiger partial charge on any atom is 0.0942 e. The van der Waals surface area contributed by atoms with Crippen molar-refractivity contribution < 1.29 is 9.84 Å². The fourth-order valence-electron chi connectivity index (χ4n) is 2.53. The van der Waals surface area contributed by atoms with Crippen molar-refractivity contribution >= 4 is 0 Å². The smallest absolute Gasteiger partial charge is 0.0942 e. The Morgan fingerprint density at radius 2 is 1.86 bits per heavy atom. The third-order valence-corrected chi connectivity index (χ3v) is 3.60. The first-order valence-corrected chi connectivity index (χ1v) is 5.98. The normalized spacial score (nSPS) is 24.9. The molecule has 0 amide bonds. The van der Waals surface area contributed by atoms with Crippen LogP contribution in [0.25, 0.3) is 0 Å². The molecule has 14 heavy (non-hydrogen) atoms. The van der Waals surface area contributed by atoms with Gasteiger partial charge in [0, 0.05) is 6.61 Å². The van der Waals surface area contributed by atoms with E-state index < -0.39 is 0 Å². The van der Waals surface area contributed by atoms with Crippen LogP contribution in [0.1, 0.15) is 52.9 Å². The molecule has 0 radical (unpaired) electrons. The zero-order valence-electron chi connectivity index (χ0n) is 9.75. The Bertz CT molecular complexity index is 162. The van der Waals surface area contributed by atoms with Gasteiger partial charge in [0.25, 0.3) is 0 Å². The van der Waals surface area contributed by atoms with Gasteiger partial charge >= 0.3 is 0 Å². The summed E-state index contributed by atoms with van der Waals surface area (Å²) < 4.78 is 5.83. The van der Waals surface area contributed by atoms with Crippen LogP contribution in [0.3, 0.4) is 0 Å². The van der Waals surface area contributed by atoms with E-state index in [1.807, 2.05) is 6.92 Å². The molecule has 1 aliphatic carbocycles. The molecule has 2 heteroatoms. The van der Waals surface area contributed by atoms with Crippen molar-refractivity contribution in [2.75, 3.05) is 6.61 Å². The summed E-state index contributed by atoms with van der Waals surface area (Å²) in [5, 5.41) is 10.3. The van der Waals surface area contributed by atoms with Gasteiger partial charge in [0.15, 0.2) is 0 Å². The van der Waals surface area contributed by atoms with Crippen molar-refractivity contribution in [2.45, 2.75) is 64.6 Å². The van der Waals surface area contributed by atoms with Crippen LogP contribution in [0.5, 0.6) is 0 Å².